The van der Waals surface area contributed by atoms with Crippen molar-refractivity contribution in [3.63, 3.8) is 0 Å². The zero-order valence-corrected chi connectivity index (χ0v) is 42.2. The molecule has 8 atom stereocenters. The number of aliphatic hydroxyl groups excluding tert-OH is 2. The van der Waals surface area contributed by atoms with Crippen LogP contribution >= 0.6 is 0 Å². The number of carbonyl (C=O) groups excluding carboxylic acids is 1. The molecule has 0 spiro atoms. The first-order chi connectivity index (χ1) is 35.0. The van der Waals surface area contributed by atoms with Gasteiger partial charge in [-0.3, -0.25) is 0 Å². The molecule has 6 rings (SSSR count). The molecule has 1 aliphatic rings. The van der Waals surface area contributed by atoms with Crippen LogP contribution < -0.4 is 5.32 Å². The van der Waals surface area contributed by atoms with E-state index in [4.69, 9.17) is 28.4 Å². The van der Waals surface area contributed by atoms with Gasteiger partial charge in [0.05, 0.1) is 51.3 Å². The summed E-state index contributed by atoms with van der Waals surface area (Å²) in [5.41, 5.74) is 4.87. The Labute approximate surface area is 424 Å². The van der Waals surface area contributed by atoms with Crippen LogP contribution in [0.4, 0.5) is 4.79 Å². The molecule has 71 heavy (non-hydrogen) atoms. The van der Waals surface area contributed by atoms with Crippen LogP contribution in [-0.4, -0.2) is 71.7 Å². The highest BCUT2D eigenvalue weighted by atomic mass is 16.6. The molecular weight excluding hydrogens is 891 g/mol. The van der Waals surface area contributed by atoms with Crippen molar-refractivity contribution in [1.82, 2.24) is 5.32 Å². The van der Waals surface area contributed by atoms with Crippen molar-refractivity contribution < 1.29 is 43.4 Å². The summed E-state index contributed by atoms with van der Waals surface area (Å²) in [6, 6.07) is 48.7. The predicted molar refractivity (Wildman–Crippen MR) is 280 cm³/mol. The number of hydrogen-bond donors (Lipinski definition) is 3. The van der Waals surface area contributed by atoms with E-state index in [1.807, 2.05) is 152 Å². The first kappa shape index (κ1) is 55.4. The highest BCUT2D eigenvalue weighted by Gasteiger charge is 2.48. The van der Waals surface area contributed by atoms with Crippen molar-refractivity contribution in [3.8, 4) is 0 Å². The molecule has 1 aliphatic heterocycles. The molecule has 3 N–H and O–H groups in total. The average Bonchev–Trinajstić information content (AvgIpc) is 3.41. The highest BCUT2D eigenvalue weighted by Crippen LogP contribution is 2.34. The number of alkyl carbamates (subject to hydrolysis) is 1. The van der Waals surface area contributed by atoms with Crippen LogP contribution in [0.3, 0.4) is 0 Å². The van der Waals surface area contributed by atoms with E-state index in [1.54, 1.807) is 0 Å². The standard InChI is InChI=1S/C61H81NO9/c1-2-3-4-5-6-7-8-9-10-11-12-28-39-54(63)57(64)53(62-61(65)70-46-52-37-26-17-27-38-52)40-41-55-58(67-43-49-31-20-14-21-32-49)60(69-45-51-35-24-16-25-36-51)59(68-44-50-33-22-15-23-34-50)56(71-55)47-66-42-48-29-18-13-19-30-48/h13-27,29-38,53-60,63-64H,2-12,28,39-47H2,1H3,(H,62,65)/t53-,54+,55+,56?,57-,58?,59-,60+/m0/s1. The zero-order valence-electron chi connectivity index (χ0n) is 42.2. The zero-order chi connectivity index (χ0) is 49.6. The van der Waals surface area contributed by atoms with Crippen molar-refractivity contribution >= 4 is 6.09 Å². The molecule has 1 amide bonds. The van der Waals surface area contributed by atoms with Gasteiger partial charge in [0, 0.05) is 0 Å². The summed E-state index contributed by atoms with van der Waals surface area (Å²) in [6.07, 6.45) is 9.31. The van der Waals surface area contributed by atoms with Crippen molar-refractivity contribution in [3.05, 3.63) is 179 Å². The number of aliphatic hydroxyl groups is 2. The Kier molecular flexibility index (Phi) is 25.7. The summed E-state index contributed by atoms with van der Waals surface area (Å²) < 4.78 is 40.0. The van der Waals surface area contributed by atoms with Gasteiger partial charge < -0.3 is 44.0 Å². The molecule has 5 aromatic carbocycles. The number of ether oxygens (including phenoxy) is 6. The largest absolute Gasteiger partial charge is 0.445 e. The third-order valence-corrected chi connectivity index (χ3v) is 13.4. The molecule has 0 saturated carbocycles. The van der Waals surface area contributed by atoms with E-state index < -0.39 is 54.9 Å². The number of unbranched alkanes of at least 4 members (excludes halogenated alkanes) is 11. The Morgan fingerprint density at radius 3 is 1.35 bits per heavy atom. The second kappa shape index (κ2) is 32.9. The molecule has 384 valence electrons. The Morgan fingerprint density at radius 2 is 0.887 bits per heavy atom. The van der Waals surface area contributed by atoms with Gasteiger partial charge in [-0.05, 0) is 47.1 Å². The molecule has 5 aromatic rings. The second-order valence-electron chi connectivity index (χ2n) is 19.1. The molecule has 0 aliphatic carbocycles. The van der Waals surface area contributed by atoms with Crippen LogP contribution in [0.5, 0.6) is 0 Å². The van der Waals surface area contributed by atoms with Gasteiger partial charge in [0.2, 0.25) is 0 Å². The van der Waals surface area contributed by atoms with Crippen molar-refractivity contribution in [2.75, 3.05) is 6.61 Å². The smallest absolute Gasteiger partial charge is 0.407 e. The van der Waals surface area contributed by atoms with Gasteiger partial charge in [0.1, 0.15) is 37.1 Å². The molecule has 1 saturated heterocycles. The number of hydrogen-bond acceptors (Lipinski definition) is 9. The van der Waals surface area contributed by atoms with E-state index in [0.29, 0.717) is 32.7 Å². The Bertz CT molecular complexity index is 2100. The Hall–Kier alpha value is -4.91. The molecule has 0 aromatic heterocycles. The molecule has 10 nitrogen and oxygen atoms in total. The van der Waals surface area contributed by atoms with Crippen LogP contribution in [0, 0.1) is 0 Å². The topological polar surface area (TPSA) is 125 Å². The van der Waals surface area contributed by atoms with E-state index >= 15 is 0 Å². The average molecular weight is 972 g/mol. The minimum atomic E-state index is -1.27. The van der Waals surface area contributed by atoms with Crippen LogP contribution in [0.1, 0.15) is 131 Å². The summed E-state index contributed by atoms with van der Waals surface area (Å²) in [5.74, 6) is 0. The lowest BCUT2D eigenvalue weighted by molar-refractivity contribution is -0.274. The molecule has 0 bridgehead atoms. The third-order valence-electron chi connectivity index (χ3n) is 13.4. The van der Waals surface area contributed by atoms with Crippen LogP contribution in [0.2, 0.25) is 0 Å². The summed E-state index contributed by atoms with van der Waals surface area (Å²) in [6.45, 7) is 3.79. The SMILES string of the molecule is CCCCCCCCCCCCCC[C@@H](O)[C@@H](O)[C@H](CC[C@H]1OC(COCc2ccccc2)[C@H](OCc2ccccc2)[C@H](OCc2ccccc2)C1OCc1ccccc1)NC(=O)OCc1ccccc1. The monoisotopic (exact) mass is 972 g/mol. The van der Waals surface area contributed by atoms with Gasteiger partial charge in [-0.15, -0.1) is 0 Å². The molecule has 2 unspecified atom stereocenters. The van der Waals surface area contributed by atoms with Crippen LogP contribution in [0.25, 0.3) is 0 Å². The van der Waals surface area contributed by atoms with Gasteiger partial charge in [-0.2, -0.15) is 0 Å². The van der Waals surface area contributed by atoms with Gasteiger partial charge in [0.15, 0.2) is 0 Å². The molecular formula is C61H81NO9. The fraction of sp³-hybridized carbons (Fsp3) is 0.492. The number of nitrogens with one attached hydrogen (secondary N) is 1. The lowest BCUT2D eigenvalue weighted by atomic mass is 9.89. The predicted octanol–water partition coefficient (Wildman–Crippen LogP) is 12.6. The minimum absolute atomic E-state index is 0.0630. The molecule has 1 fully saturated rings. The lowest BCUT2D eigenvalue weighted by Crippen LogP contribution is -2.61. The van der Waals surface area contributed by atoms with Gasteiger partial charge in [-0.25, -0.2) is 4.79 Å². The summed E-state index contributed by atoms with van der Waals surface area (Å²) >= 11 is 0. The third kappa shape index (κ3) is 20.6. The normalized spacial score (nSPS) is 19.2. The molecule has 0 radical (unpaired) electrons. The van der Waals surface area contributed by atoms with Gasteiger partial charge >= 0.3 is 6.09 Å². The number of carbonyl (C=O) groups is 1. The van der Waals surface area contributed by atoms with Crippen LogP contribution in [0.15, 0.2) is 152 Å². The minimum Gasteiger partial charge on any atom is -0.445 e. The van der Waals surface area contributed by atoms with Crippen molar-refractivity contribution in [2.24, 2.45) is 0 Å². The first-order valence-electron chi connectivity index (χ1n) is 26.5. The van der Waals surface area contributed by atoms with Gasteiger partial charge in [-0.1, -0.05) is 236 Å². The first-order valence-corrected chi connectivity index (χ1v) is 26.5. The highest BCUT2D eigenvalue weighted by molar-refractivity contribution is 5.67. The van der Waals surface area contributed by atoms with Crippen LogP contribution in [-0.2, 0) is 61.5 Å². The number of benzene rings is 5. The Balaban J connectivity index is 1.21. The number of amides is 1. The van der Waals surface area contributed by atoms with Crippen molar-refractivity contribution in [2.45, 2.75) is 185 Å². The molecule has 1 heterocycles. The fourth-order valence-electron chi connectivity index (χ4n) is 9.34. The van der Waals surface area contributed by atoms with E-state index in [9.17, 15) is 15.0 Å². The van der Waals surface area contributed by atoms with E-state index in [1.165, 1.54) is 57.8 Å². The maximum absolute atomic E-state index is 13.6. The fourth-order valence-corrected chi connectivity index (χ4v) is 9.34. The second-order valence-corrected chi connectivity index (χ2v) is 19.1. The van der Waals surface area contributed by atoms with E-state index in [2.05, 4.69) is 12.2 Å². The quantitative estimate of drug-likeness (QED) is 0.0346. The van der Waals surface area contributed by atoms with E-state index in [0.717, 1.165) is 47.1 Å². The Morgan fingerprint density at radius 1 is 0.493 bits per heavy atom. The summed E-state index contributed by atoms with van der Waals surface area (Å²) in [5, 5.41) is 26.4. The lowest BCUT2D eigenvalue weighted by Gasteiger charge is -2.46. The van der Waals surface area contributed by atoms with Crippen molar-refractivity contribution in [1.29, 1.82) is 0 Å². The summed E-state index contributed by atoms with van der Waals surface area (Å²) in [4.78, 5) is 13.6. The maximum atomic E-state index is 13.6. The molecule has 10 heteroatoms. The number of rotatable bonds is 34. The maximum Gasteiger partial charge on any atom is 0.407 e. The summed E-state index contributed by atoms with van der Waals surface area (Å²) in [7, 11) is 0. The van der Waals surface area contributed by atoms with E-state index in [-0.39, 0.29) is 26.2 Å². The van der Waals surface area contributed by atoms with Gasteiger partial charge in [0.25, 0.3) is 0 Å².